The van der Waals surface area contributed by atoms with Crippen molar-refractivity contribution in [3.8, 4) is 0 Å². The molecular formula is C22H26N4O. The van der Waals surface area contributed by atoms with Crippen molar-refractivity contribution in [2.45, 2.75) is 32.7 Å². The fourth-order valence-corrected chi connectivity index (χ4v) is 3.91. The van der Waals surface area contributed by atoms with Crippen molar-refractivity contribution in [3.05, 3.63) is 59.3 Å². The summed E-state index contributed by atoms with van der Waals surface area (Å²) in [6.45, 7) is 5.33. The summed E-state index contributed by atoms with van der Waals surface area (Å²) >= 11 is 0. The number of rotatable bonds is 4. The predicted molar refractivity (Wildman–Crippen MR) is 111 cm³/mol. The Labute approximate surface area is 160 Å². The van der Waals surface area contributed by atoms with Crippen molar-refractivity contribution in [2.75, 3.05) is 29.5 Å². The molecule has 5 nitrogen and oxygen atoms in total. The molecule has 0 spiro atoms. The minimum absolute atomic E-state index is 0.0951. The highest BCUT2D eigenvalue weighted by Gasteiger charge is 2.26. The lowest BCUT2D eigenvalue weighted by Crippen LogP contribution is -2.29. The molecule has 0 bridgehead atoms. The number of piperidine rings is 1. The summed E-state index contributed by atoms with van der Waals surface area (Å²) in [5.74, 6) is -0.0951. The number of carbonyl (C=O) groups is 1. The zero-order valence-corrected chi connectivity index (χ0v) is 15.7. The SMILES string of the molecule is C/C(Nc1ccc(CN2CCCCC2)cc1)=C1/C(=O)Nc2ccc(N)cc21. The van der Waals surface area contributed by atoms with Gasteiger partial charge in [0.25, 0.3) is 5.91 Å². The molecule has 140 valence electrons. The van der Waals surface area contributed by atoms with Crippen molar-refractivity contribution in [1.82, 2.24) is 4.90 Å². The highest BCUT2D eigenvalue weighted by Crippen LogP contribution is 2.35. The van der Waals surface area contributed by atoms with Crippen LogP contribution in [0.4, 0.5) is 17.1 Å². The number of amides is 1. The number of fused-ring (bicyclic) bond motifs is 1. The Balaban J connectivity index is 1.49. The normalized spacial score (nSPS) is 18.8. The number of carbonyl (C=O) groups excluding carboxylic acids is 1. The number of nitrogens with one attached hydrogen (secondary N) is 2. The number of allylic oxidation sites excluding steroid dienone is 1. The quantitative estimate of drug-likeness (QED) is 0.567. The lowest BCUT2D eigenvalue weighted by Gasteiger charge is -2.26. The zero-order valence-electron chi connectivity index (χ0n) is 15.7. The minimum Gasteiger partial charge on any atom is -0.399 e. The van der Waals surface area contributed by atoms with Gasteiger partial charge in [0.05, 0.1) is 5.57 Å². The number of anilines is 3. The van der Waals surface area contributed by atoms with Gasteiger partial charge in [0, 0.05) is 34.9 Å². The highest BCUT2D eigenvalue weighted by molar-refractivity contribution is 6.32. The average molecular weight is 362 g/mol. The molecule has 0 aromatic heterocycles. The van der Waals surface area contributed by atoms with Crippen molar-refractivity contribution in [1.29, 1.82) is 0 Å². The number of hydrogen-bond donors (Lipinski definition) is 3. The molecular weight excluding hydrogens is 336 g/mol. The van der Waals surface area contributed by atoms with Crippen LogP contribution in [-0.2, 0) is 11.3 Å². The number of benzene rings is 2. The van der Waals surface area contributed by atoms with Crippen LogP contribution in [0.3, 0.4) is 0 Å². The fraction of sp³-hybridized carbons (Fsp3) is 0.318. The van der Waals surface area contributed by atoms with Crippen LogP contribution in [0.2, 0.25) is 0 Å². The van der Waals surface area contributed by atoms with Gasteiger partial charge in [-0.2, -0.15) is 0 Å². The Kier molecular flexibility index (Phi) is 4.86. The second kappa shape index (κ2) is 7.45. The Morgan fingerprint density at radius 3 is 2.59 bits per heavy atom. The minimum atomic E-state index is -0.0951. The molecule has 1 saturated heterocycles. The van der Waals surface area contributed by atoms with E-state index in [0.717, 1.165) is 29.2 Å². The molecule has 4 rings (SSSR count). The predicted octanol–water partition coefficient (Wildman–Crippen LogP) is 4.05. The van der Waals surface area contributed by atoms with Crippen LogP contribution in [0.15, 0.2) is 48.2 Å². The molecule has 2 heterocycles. The van der Waals surface area contributed by atoms with Crippen LogP contribution in [-0.4, -0.2) is 23.9 Å². The lowest BCUT2D eigenvalue weighted by molar-refractivity contribution is -0.110. The van der Waals surface area contributed by atoms with Gasteiger partial charge >= 0.3 is 0 Å². The van der Waals surface area contributed by atoms with Crippen molar-refractivity contribution < 1.29 is 4.79 Å². The molecule has 0 saturated carbocycles. The summed E-state index contributed by atoms with van der Waals surface area (Å²) in [6.07, 6.45) is 3.97. The number of nitrogens with two attached hydrogens (primary N) is 1. The smallest absolute Gasteiger partial charge is 0.258 e. The topological polar surface area (TPSA) is 70.4 Å². The number of likely N-dealkylation sites (tertiary alicyclic amines) is 1. The largest absolute Gasteiger partial charge is 0.399 e. The van der Waals surface area contributed by atoms with E-state index in [-0.39, 0.29) is 5.91 Å². The van der Waals surface area contributed by atoms with E-state index in [1.165, 1.54) is 37.9 Å². The summed E-state index contributed by atoms with van der Waals surface area (Å²) < 4.78 is 0. The average Bonchev–Trinajstić information content (AvgIpc) is 2.99. The molecule has 4 N–H and O–H groups in total. The van der Waals surface area contributed by atoms with Crippen LogP contribution in [0.1, 0.15) is 37.3 Å². The number of hydrogen-bond acceptors (Lipinski definition) is 4. The van der Waals surface area contributed by atoms with Gasteiger partial charge in [0.2, 0.25) is 0 Å². The highest BCUT2D eigenvalue weighted by atomic mass is 16.2. The molecule has 27 heavy (non-hydrogen) atoms. The van der Waals surface area contributed by atoms with Crippen molar-refractivity contribution >= 4 is 28.5 Å². The van der Waals surface area contributed by atoms with E-state index < -0.39 is 0 Å². The second-order valence-electron chi connectivity index (χ2n) is 7.42. The van der Waals surface area contributed by atoms with Crippen LogP contribution in [0.25, 0.3) is 5.57 Å². The monoisotopic (exact) mass is 362 g/mol. The zero-order chi connectivity index (χ0) is 18.8. The molecule has 2 aromatic carbocycles. The molecule has 5 heteroatoms. The van der Waals surface area contributed by atoms with E-state index in [1.807, 2.05) is 19.1 Å². The molecule has 0 unspecified atom stereocenters. The second-order valence-corrected chi connectivity index (χ2v) is 7.42. The van der Waals surface area contributed by atoms with Crippen molar-refractivity contribution in [3.63, 3.8) is 0 Å². The molecule has 2 aliphatic rings. The third-order valence-electron chi connectivity index (χ3n) is 5.30. The molecule has 1 fully saturated rings. The fourth-order valence-electron chi connectivity index (χ4n) is 3.91. The van der Waals surface area contributed by atoms with Crippen LogP contribution >= 0.6 is 0 Å². The van der Waals surface area contributed by atoms with E-state index in [1.54, 1.807) is 6.07 Å². The van der Waals surface area contributed by atoms with Gasteiger partial charge in [0.15, 0.2) is 0 Å². The molecule has 1 amide bonds. The van der Waals surface area contributed by atoms with E-state index in [9.17, 15) is 4.79 Å². The Hall–Kier alpha value is -2.79. The maximum atomic E-state index is 12.4. The Bertz CT molecular complexity index is 880. The van der Waals surface area contributed by atoms with Crippen LogP contribution in [0, 0.1) is 0 Å². The third kappa shape index (κ3) is 3.83. The van der Waals surface area contributed by atoms with Gasteiger partial charge in [-0.25, -0.2) is 0 Å². The molecule has 2 aliphatic heterocycles. The third-order valence-corrected chi connectivity index (χ3v) is 5.30. The summed E-state index contributed by atoms with van der Waals surface area (Å²) in [6, 6.07) is 14.0. The number of nitrogen functional groups attached to an aromatic ring is 1. The molecule has 0 aliphatic carbocycles. The first-order valence-corrected chi connectivity index (χ1v) is 9.60. The Morgan fingerprint density at radius 2 is 1.85 bits per heavy atom. The first-order chi connectivity index (χ1) is 13.1. The maximum absolute atomic E-state index is 12.4. The summed E-state index contributed by atoms with van der Waals surface area (Å²) in [4.78, 5) is 14.9. The van der Waals surface area contributed by atoms with E-state index in [0.29, 0.717) is 11.3 Å². The van der Waals surface area contributed by atoms with Crippen LogP contribution < -0.4 is 16.4 Å². The van der Waals surface area contributed by atoms with E-state index >= 15 is 0 Å². The van der Waals surface area contributed by atoms with Gasteiger partial charge < -0.3 is 16.4 Å². The summed E-state index contributed by atoms with van der Waals surface area (Å²) in [7, 11) is 0. The van der Waals surface area contributed by atoms with E-state index in [2.05, 4.69) is 39.8 Å². The number of nitrogens with zero attached hydrogens (tertiary/aromatic N) is 1. The Morgan fingerprint density at radius 1 is 1.11 bits per heavy atom. The summed E-state index contributed by atoms with van der Waals surface area (Å²) in [5, 5.41) is 6.27. The van der Waals surface area contributed by atoms with Gasteiger partial charge in [0.1, 0.15) is 0 Å². The van der Waals surface area contributed by atoms with Gasteiger partial charge in [-0.15, -0.1) is 0 Å². The maximum Gasteiger partial charge on any atom is 0.258 e. The summed E-state index contributed by atoms with van der Waals surface area (Å²) in [5.41, 5.74) is 12.0. The standard InChI is InChI=1S/C22H26N4O/c1-15(21-19-13-17(23)7-10-20(19)25-22(21)27)24-18-8-5-16(6-9-18)14-26-11-3-2-4-12-26/h5-10,13,24H,2-4,11-12,14,23H2,1H3,(H,25,27)/b21-15-. The molecule has 2 aromatic rings. The molecule has 0 atom stereocenters. The van der Waals surface area contributed by atoms with Gasteiger partial charge in [-0.05, 0) is 68.8 Å². The first-order valence-electron chi connectivity index (χ1n) is 9.60. The lowest BCUT2D eigenvalue weighted by atomic mass is 10.0. The van der Waals surface area contributed by atoms with Crippen molar-refractivity contribution in [2.24, 2.45) is 0 Å². The van der Waals surface area contributed by atoms with Gasteiger partial charge in [-0.3, -0.25) is 9.69 Å². The van der Waals surface area contributed by atoms with E-state index in [4.69, 9.17) is 5.73 Å². The van der Waals surface area contributed by atoms with Crippen LogP contribution in [0.5, 0.6) is 0 Å². The van der Waals surface area contributed by atoms with Gasteiger partial charge in [-0.1, -0.05) is 18.6 Å². The first kappa shape index (κ1) is 17.6. The molecule has 0 radical (unpaired) electrons.